The van der Waals surface area contributed by atoms with Crippen LogP contribution in [0.1, 0.15) is 15.9 Å². The lowest BCUT2D eigenvalue weighted by atomic mass is 10.0. The van der Waals surface area contributed by atoms with Crippen LogP contribution in [0.5, 0.6) is 0 Å². The molecular formula is C20H17FN6O. The second-order valence-electron chi connectivity index (χ2n) is 6.53. The van der Waals surface area contributed by atoms with E-state index in [1.54, 1.807) is 29.6 Å². The van der Waals surface area contributed by atoms with E-state index >= 15 is 0 Å². The summed E-state index contributed by atoms with van der Waals surface area (Å²) in [6.07, 6.45) is 6.58. The molecular weight excluding hydrogens is 359 g/mol. The molecule has 4 aromatic rings. The van der Waals surface area contributed by atoms with Crippen LogP contribution < -0.4 is 10.6 Å². The summed E-state index contributed by atoms with van der Waals surface area (Å²) in [6.45, 7) is 0. The van der Waals surface area contributed by atoms with Gasteiger partial charge in [0.2, 0.25) is 5.95 Å². The Hall–Kier alpha value is -3.81. The first-order valence-electron chi connectivity index (χ1n) is 8.51. The smallest absolute Gasteiger partial charge is 0.224 e. The molecule has 3 heterocycles. The summed E-state index contributed by atoms with van der Waals surface area (Å²) < 4.78 is 14.3. The topological polar surface area (TPSA) is 101 Å². The van der Waals surface area contributed by atoms with Gasteiger partial charge < -0.3 is 15.6 Å². The van der Waals surface area contributed by atoms with E-state index in [1.165, 1.54) is 18.3 Å². The van der Waals surface area contributed by atoms with Crippen LogP contribution in [0.2, 0.25) is 0 Å². The monoisotopic (exact) mass is 376 g/mol. The van der Waals surface area contributed by atoms with Gasteiger partial charge >= 0.3 is 0 Å². The molecule has 0 saturated carbocycles. The summed E-state index contributed by atoms with van der Waals surface area (Å²) >= 11 is 0. The Bertz CT molecular complexity index is 1180. The summed E-state index contributed by atoms with van der Waals surface area (Å²) in [5.74, 6) is -0.597. The molecule has 0 amide bonds. The number of fused-ring (bicyclic) bond motifs is 1. The highest BCUT2D eigenvalue weighted by atomic mass is 19.1. The van der Waals surface area contributed by atoms with Crippen molar-refractivity contribution in [3.63, 3.8) is 0 Å². The third-order valence-electron chi connectivity index (χ3n) is 4.42. The normalized spacial score (nSPS) is 11.0. The zero-order valence-corrected chi connectivity index (χ0v) is 15.3. The van der Waals surface area contributed by atoms with E-state index in [0.29, 0.717) is 22.5 Å². The number of H-pyrrole nitrogens is 1. The van der Waals surface area contributed by atoms with Gasteiger partial charge in [-0.2, -0.15) is 0 Å². The molecule has 4 rings (SSSR count). The van der Waals surface area contributed by atoms with Crippen molar-refractivity contribution in [1.82, 2.24) is 19.9 Å². The van der Waals surface area contributed by atoms with Crippen LogP contribution in [0.3, 0.4) is 0 Å². The number of pyridine rings is 1. The Kier molecular flexibility index (Phi) is 4.23. The predicted octanol–water partition coefficient (Wildman–Crippen LogP) is 3.04. The van der Waals surface area contributed by atoms with E-state index in [-0.39, 0.29) is 11.3 Å². The number of nitrogens with two attached hydrogens (primary N) is 1. The molecule has 0 spiro atoms. The van der Waals surface area contributed by atoms with Crippen molar-refractivity contribution in [3.8, 4) is 11.1 Å². The number of ketones is 1. The molecule has 140 valence electrons. The zero-order chi connectivity index (χ0) is 19.8. The predicted molar refractivity (Wildman–Crippen MR) is 106 cm³/mol. The lowest BCUT2D eigenvalue weighted by Gasteiger charge is -2.09. The molecule has 0 aliphatic carbocycles. The molecule has 3 N–H and O–H groups in total. The maximum atomic E-state index is 14.3. The second-order valence-corrected chi connectivity index (χ2v) is 6.53. The van der Waals surface area contributed by atoms with E-state index in [1.807, 2.05) is 20.2 Å². The van der Waals surface area contributed by atoms with Crippen molar-refractivity contribution < 1.29 is 9.18 Å². The summed E-state index contributed by atoms with van der Waals surface area (Å²) in [4.78, 5) is 30.6. The molecule has 28 heavy (non-hydrogen) atoms. The first kappa shape index (κ1) is 17.6. The van der Waals surface area contributed by atoms with Crippen molar-refractivity contribution in [2.45, 2.75) is 0 Å². The molecule has 3 aromatic heterocycles. The van der Waals surface area contributed by atoms with E-state index < -0.39 is 11.6 Å². The molecule has 0 radical (unpaired) electrons. The van der Waals surface area contributed by atoms with Crippen LogP contribution in [0.4, 0.5) is 16.0 Å². The standard InChI is InChI=1S/C20H17FN6O/c1-27(2)20-25-8-12(9-26-20)11-6-14-15(10-24-19(14)23-7-11)18(28)13-4-3-5-16(22)17(13)21/h3-10H,22H2,1-2H3,(H,23,24). The van der Waals surface area contributed by atoms with Gasteiger partial charge in [0.15, 0.2) is 11.6 Å². The number of rotatable bonds is 4. The van der Waals surface area contributed by atoms with Crippen molar-refractivity contribution in [3.05, 3.63) is 66.0 Å². The third-order valence-corrected chi connectivity index (χ3v) is 4.42. The minimum Gasteiger partial charge on any atom is -0.396 e. The number of hydrogen-bond donors (Lipinski definition) is 2. The van der Waals surface area contributed by atoms with Gasteiger partial charge in [0.1, 0.15) is 5.65 Å². The summed E-state index contributed by atoms with van der Waals surface area (Å²) in [7, 11) is 3.71. The van der Waals surface area contributed by atoms with Gasteiger partial charge in [0.25, 0.3) is 0 Å². The van der Waals surface area contributed by atoms with Gasteiger partial charge in [0.05, 0.1) is 11.3 Å². The number of carbonyl (C=O) groups excluding carboxylic acids is 1. The Labute approximate surface area is 160 Å². The number of aromatic nitrogens is 4. The molecule has 0 atom stereocenters. The number of aromatic amines is 1. The highest BCUT2D eigenvalue weighted by molar-refractivity contribution is 6.16. The molecule has 8 heteroatoms. The van der Waals surface area contributed by atoms with Crippen LogP contribution in [0, 0.1) is 5.82 Å². The van der Waals surface area contributed by atoms with Gasteiger partial charge in [-0.05, 0) is 18.2 Å². The van der Waals surface area contributed by atoms with Crippen molar-refractivity contribution in [2.75, 3.05) is 24.7 Å². The number of nitrogen functional groups attached to an aromatic ring is 1. The van der Waals surface area contributed by atoms with E-state index in [0.717, 1.165) is 11.1 Å². The van der Waals surface area contributed by atoms with Crippen molar-refractivity contribution >= 4 is 28.5 Å². The zero-order valence-electron chi connectivity index (χ0n) is 15.3. The van der Waals surface area contributed by atoms with E-state index in [9.17, 15) is 9.18 Å². The molecule has 0 aliphatic heterocycles. The van der Waals surface area contributed by atoms with Crippen LogP contribution in [0.25, 0.3) is 22.2 Å². The fourth-order valence-corrected chi connectivity index (χ4v) is 2.92. The number of hydrogen-bond acceptors (Lipinski definition) is 6. The SMILES string of the molecule is CN(C)c1ncc(-c2cnc3[nH]cc(C(=O)c4cccc(N)c4F)c3c2)cn1. The van der Waals surface area contributed by atoms with Gasteiger partial charge in [-0.15, -0.1) is 0 Å². The molecule has 0 fully saturated rings. The van der Waals surface area contributed by atoms with Crippen LogP contribution in [0.15, 0.2) is 49.1 Å². The van der Waals surface area contributed by atoms with E-state index in [2.05, 4.69) is 19.9 Å². The minimum absolute atomic E-state index is 0.0670. The van der Waals surface area contributed by atoms with Gasteiger partial charge in [-0.25, -0.2) is 19.3 Å². The maximum Gasteiger partial charge on any atom is 0.224 e. The highest BCUT2D eigenvalue weighted by Gasteiger charge is 2.20. The van der Waals surface area contributed by atoms with Crippen LogP contribution in [-0.4, -0.2) is 39.8 Å². The van der Waals surface area contributed by atoms with Crippen LogP contribution in [-0.2, 0) is 0 Å². The Morgan fingerprint density at radius 1 is 1.07 bits per heavy atom. The average Bonchev–Trinajstić information content (AvgIpc) is 3.13. The number of halogens is 1. The quantitative estimate of drug-likeness (QED) is 0.419. The van der Waals surface area contributed by atoms with Crippen molar-refractivity contribution in [1.29, 1.82) is 0 Å². The summed E-state index contributed by atoms with van der Waals surface area (Å²) in [5.41, 5.74) is 7.81. The second kappa shape index (κ2) is 6.73. The lowest BCUT2D eigenvalue weighted by Crippen LogP contribution is -2.12. The Morgan fingerprint density at radius 2 is 1.79 bits per heavy atom. The van der Waals surface area contributed by atoms with Gasteiger partial charge in [-0.3, -0.25) is 4.79 Å². The molecule has 0 unspecified atom stereocenters. The largest absolute Gasteiger partial charge is 0.396 e. The molecule has 0 aliphatic rings. The Morgan fingerprint density at radius 3 is 2.50 bits per heavy atom. The van der Waals surface area contributed by atoms with Crippen LogP contribution >= 0.6 is 0 Å². The maximum absolute atomic E-state index is 14.3. The number of carbonyl (C=O) groups is 1. The highest BCUT2D eigenvalue weighted by Crippen LogP contribution is 2.27. The summed E-state index contributed by atoms with van der Waals surface area (Å²) in [5, 5.41) is 0.584. The minimum atomic E-state index is -0.723. The lowest BCUT2D eigenvalue weighted by molar-refractivity contribution is 0.103. The number of anilines is 2. The van der Waals surface area contributed by atoms with Gasteiger partial charge in [0, 0.05) is 61.0 Å². The number of nitrogens with zero attached hydrogens (tertiary/aromatic N) is 4. The third kappa shape index (κ3) is 2.94. The molecule has 7 nitrogen and oxygen atoms in total. The Balaban J connectivity index is 1.78. The summed E-state index contributed by atoms with van der Waals surface area (Å²) in [6, 6.07) is 6.19. The number of benzene rings is 1. The molecule has 0 bridgehead atoms. The average molecular weight is 376 g/mol. The number of nitrogens with one attached hydrogen (secondary N) is 1. The first-order chi connectivity index (χ1) is 13.5. The fraction of sp³-hybridized carbons (Fsp3) is 0.100. The van der Waals surface area contributed by atoms with Crippen molar-refractivity contribution in [2.24, 2.45) is 0 Å². The van der Waals surface area contributed by atoms with E-state index in [4.69, 9.17) is 5.73 Å². The molecule has 1 aromatic carbocycles. The van der Waals surface area contributed by atoms with Gasteiger partial charge in [-0.1, -0.05) is 6.07 Å². The molecule has 0 saturated heterocycles. The fourth-order valence-electron chi connectivity index (χ4n) is 2.92. The first-order valence-corrected chi connectivity index (χ1v) is 8.51.